The normalized spacial score (nSPS) is 16.8. The van der Waals surface area contributed by atoms with Gasteiger partial charge in [0.2, 0.25) is 0 Å². The highest BCUT2D eigenvalue weighted by molar-refractivity contribution is 7.81. The Morgan fingerprint density at radius 2 is 2.06 bits per heavy atom. The van der Waals surface area contributed by atoms with E-state index in [1.807, 2.05) is 0 Å². The average Bonchev–Trinajstić information content (AvgIpc) is 2.25. The fraction of sp³-hybridized carbons (Fsp3) is 0.250. The highest BCUT2D eigenvalue weighted by Gasteiger charge is 2.44. The monoisotopic (exact) mass is 264 g/mol. The average molecular weight is 264 g/mol. The third kappa shape index (κ3) is 1.84. The van der Waals surface area contributed by atoms with Gasteiger partial charge in [-0.1, -0.05) is 30.4 Å². The van der Waals surface area contributed by atoms with Crippen LogP contribution >= 0.6 is 12.2 Å². The fourth-order valence-corrected chi connectivity index (χ4v) is 2.28. The summed E-state index contributed by atoms with van der Waals surface area (Å²) in [6, 6.07) is 7.01. The van der Waals surface area contributed by atoms with E-state index in [2.05, 4.69) is 0 Å². The van der Waals surface area contributed by atoms with E-state index >= 15 is 0 Å². The number of para-hydroxylation sites is 1. The first kappa shape index (κ1) is 12.5. The number of fused-ring (bicyclic) bond motifs is 1. The van der Waals surface area contributed by atoms with Crippen molar-refractivity contribution >= 4 is 22.8 Å². The van der Waals surface area contributed by atoms with Crippen molar-refractivity contribution in [2.45, 2.75) is 19.4 Å². The van der Waals surface area contributed by atoms with E-state index in [1.165, 1.54) is 0 Å². The van der Waals surface area contributed by atoms with Gasteiger partial charge >= 0.3 is 0 Å². The molecule has 0 spiro atoms. The van der Waals surface area contributed by atoms with Gasteiger partial charge in [0, 0.05) is 5.56 Å². The molecular weight excluding hydrogens is 252 g/mol. The molecule has 0 amide bonds. The maximum absolute atomic E-state index is 11.2. The van der Waals surface area contributed by atoms with Gasteiger partial charge in [-0.3, -0.25) is 10.1 Å². The fourth-order valence-electron chi connectivity index (χ4n) is 2.07. The second-order valence-corrected chi connectivity index (χ2v) is 4.89. The Bertz CT molecular complexity index is 578. The van der Waals surface area contributed by atoms with Crippen LogP contribution in [0.4, 0.5) is 0 Å². The van der Waals surface area contributed by atoms with Crippen LogP contribution in [0.2, 0.25) is 0 Å². The second kappa shape index (κ2) is 4.06. The zero-order valence-corrected chi connectivity index (χ0v) is 10.8. The Kier molecular flexibility index (Phi) is 2.82. The van der Waals surface area contributed by atoms with E-state index in [4.69, 9.17) is 22.7 Å². The zero-order chi connectivity index (χ0) is 13.5. The lowest BCUT2D eigenvalue weighted by Gasteiger charge is -2.31. The lowest BCUT2D eigenvalue weighted by molar-refractivity contribution is -0.440. The first-order valence-electron chi connectivity index (χ1n) is 5.32. The summed E-state index contributed by atoms with van der Waals surface area (Å²) < 4.78 is 5.66. The number of ether oxygens (including phenoxy) is 1. The lowest BCUT2D eigenvalue weighted by atomic mass is 9.91. The molecule has 0 unspecified atom stereocenters. The van der Waals surface area contributed by atoms with Gasteiger partial charge in [0.25, 0.3) is 5.70 Å². The minimum atomic E-state index is -1.07. The largest absolute Gasteiger partial charge is 0.476 e. The molecule has 2 rings (SSSR count). The molecule has 5 nitrogen and oxygen atoms in total. The van der Waals surface area contributed by atoms with Crippen molar-refractivity contribution in [1.82, 2.24) is 0 Å². The summed E-state index contributed by atoms with van der Waals surface area (Å²) in [5.74, 6) is 0.552. The highest BCUT2D eigenvalue weighted by atomic mass is 32.1. The van der Waals surface area contributed by atoms with Gasteiger partial charge in [-0.15, -0.1) is 0 Å². The Labute approximate surface area is 109 Å². The third-order valence-electron chi connectivity index (χ3n) is 2.76. The Morgan fingerprint density at radius 1 is 1.44 bits per heavy atom. The van der Waals surface area contributed by atoms with Crippen molar-refractivity contribution in [1.29, 1.82) is 0 Å². The molecule has 0 bridgehead atoms. The molecule has 2 N–H and O–H groups in total. The number of nitro groups is 1. The first-order valence-corrected chi connectivity index (χ1v) is 5.73. The highest BCUT2D eigenvalue weighted by Crippen LogP contribution is 2.40. The number of hydrogen-bond donors (Lipinski definition) is 1. The van der Waals surface area contributed by atoms with Crippen molar-refractivity contribution in [2.24, 2.45) is 5.73 Å². The summed E-state index contributed by atoms with van der Waals surface area (Å²) in [5, 5.41) is 11.2. The summed E-state index contributed by atoms with van der Waals surface area (Å²) in [4.78, 5) is 10.8. The second-order valence-electron chi connectivity index (χ2n) is 4.45. The van der Waals surface area contributed by atoms with Gasteiger partial charge in [0.05, 0.1) is 10.5 Å². The van der Waals surface area contributed by atoms with E-state index in [0.29, 0.717) is 11.3 Å². The first-order chi connectivity index (χ1) is 8.34. The molecule has 0 fully saturated rings. The smallest absolute Gasteiger partial charge is 0.299 e. The minimum Gasteiger partial charge on any atom is -0.476 e. The van der Waals surface area contributed by atoms with Crippen molar-refractivity contribution in [2.75, 3.05) is 0 Å². The molecule has 1 aromatic rings. The van der Waals surface area contributed by atoms with Gasteiger partial charge in [0.1, 0.15) is 10.7 Å². The lowest BCUT2D eigenvalue weighted by Crippen LogP contribution is -2.40. The summed E-state index contributed by atoms with van der Waals surface area (Å²) in [6.45, 7) is 3.25. The predicted molar refractivity (Wildman–Crippen MR) is 71.8 cm³/mol. The summed E-state index contributed by atoms with van der Waals surface area (Å²) in [6.07, 6.45) is 0. The number of thiocarbonyl (C=S) groups is 1. The zero-order valence-electron chi connectivity index (χ0n) is 9.97. The van der Waals surface area contributed by atoms with Crippen LogP contribution in [0, 0.1) is 10.1 Å². The van der Waals surface area contributed by atoms with Crippen LogP contribution in [-0.2, 0) is 0 Å². The van der Waals surface area contributed by atoms with Gasteiger partial charge in [-0.25, -0.2) is 0 Å². The Hall–Kier alpha value is -1.95. The molecule has 0 aliphatic carbocycles. The summed E-state index contributed by atoms with van der Waals surface area (Å²) in [7, 11) is 0. The number of benzene rings is 1. The quantitative estimate of drug-likeness (QED) is 0.503. The van der Waals surface area contributed by atoms with Crippen LogP contribution < -0.4 is 10.5 Å². The molecule has 1 aliphatic rings. The van der Waals surface area contributed by atoms with Crippen LogP contribution in [0.3, 0.4) is 0 Å². The van der Waals surface area contributed by atoms with Crippen LogP contribution in [0.1, 0.15) is 19.4 Å². The molecule has 1 aliphatic heterocycles. The maximum atomic E-state index is 11.2. The third-order valence-corrected chi connectivity index (χ3v) is 2.96. The van der Waals surface area contributed by atoms with Gasteiger partial charge in [-0.2, -0.15) is 0 Å². The molecule has 1 heterocycles. The Balaban J connectivity index is 2.82. The van der Waals surface area contributed by atoms with E-state index in [0.717, 1.165) is 0 Å². The van der Waals surface area contributed by atoms with Crippen molar-refractivity contribution in [3.63, 3.8) is 0 Å². The molecule has 18 heavy (non-hydrogen) atoms. The SMILES string of the molecule is CC1(C)Oc2ccccc2C(C(N)=S)=C1[N+](=O)[O-]. The summed E-state index contributed by atoms with van der Waals surface area (Å²) >= 11 is 4.95. The molecule has 94 valence electrons. The van der Waals surface area contributed by atoms with Crippen molar-refractivity contribution in [3.8, 4) is 5.75 Å². The van der Waals surface area contributed by atoms with Crippen molar-refractivity contribution in [3.05, 3.63) is 45.6 Å². The topological polar surface area (TPSA) is 78.4 Å². The van der Waals surface area contributed by atoms with Gasteiger partial charge in [-0.05, 0) is 19.9 Å². The van der Waals surface area contributed by atoms with Crippen LogP contribution in [0.5, 0.6) is 5.75 Å². The number of hydrogen-bond acceptors (Lipinski definition) is 4. The van der Waals surface area contributed by atoms with Crippen LogP contribution in [0.15, 0.2) is 30.0 Å². The standard InChI is InChI=1S/C12H12N2O3S/c1-12(2)10(14(15)16)9(11(13)18)7-5-3-4-6-8(7)17-12/h3-6H,1-2H3,(H2,13,18). The predicted octanol–water partition coefficient (Wildman–Crippen LogP) is 2.13. The van der Waals surface area contributed by atoms with Crippen LogP contribution in [0.25, 0.3) is 5.57 Å². The number of nitrogens with zero attached hydrogens (tertiary/aromatic N) is 1. The number of nitrogens with two attached hydrogens (primary N) is 1. The minimum absolute atomic E-state index is 0.00512. The molecule has 0 saturated carbocycles. The van der Waals surface area contributed by atoms with Crippen LogP contribution in [-0.4, -0.2) is 15.5 Å². The maximum Gasteiger partial charge on any atom is 0.299 e. The molecule has 1 aromatic carbocycles. The van der Waals surface area contributed by atoms with Crippen molar-refractivity contribution < 1.29 is 9.66 Å². The van der Waals surface area contributed by atoms with E-state index < -0.39 is 10.5 Å². The van der Waals surface area contributed by atoms with Gasteiger partial charge < -0.3 is 10.5 Å². The van der Waals surface area contributed by atoms with Gasteiger partial charge in [0.15, 0.2) is 5.60 Å². The van der Waals surface area contributed by atoms with E-state index in [-0.39, 0.29) is 16.3 Å². The Morgan fingerprint density at radius 3 is 2.61 bits per heavy atom. The molecule has 0 atom stereocenters. The molecular formula is C12H12N2O3S. The summed E-state index contributed by atoms with van der Waals surface area (Å²) in [5.41, 5.74) is 5.31. The molecule has 0 radical (unpaired) electrons. The molecule has 0 aromatic heterocycles. The molecule has 0 saturated heterocycles. The van der Waals surface area contributed by atoms with E-state index in [9.17, 15) is 10.1 Å². The van der Waals surface area contributed by atoms with E-state index in [1.54, 1.807) is 38.1 Å². The number of rotatable bonds is 2. The molecule has 6 heteroatoms.